The van der Waals surface area contributed by atoms with Crippen molar-refractivity contribution in [2.24, 2.45) is 0 Å². The molecular weight excluding hydrogens is 536 g/mol. The summed E-state index contributed by atoms with van der Waals surface area (Å²) in [5, 5.41) is 10.1. The average molecular weight is 579 g/mol. The molecule has 0 aromatic heterocycles. The molecule has 2 aliphatic rings. The van der Waals surface area contributed by atoms with Crippen LogP contribution in [-0.4, -0.2) is 68.0 Å². The number of aliphatic hydroxyl groups is 1. The van der Waals surface area contributed by atoms with Gasteiger partial charge in [0, 0.05) is 13.5 Å². The van der Waals surface area contributed by atoms with E-state index >= 15 is 0 Å². The maximum Gasteiger partial charge on any atom is 0.186 e. The zero-order valence-corrected chi connectivity index (χ0v) is 24.3. The maximum atomic E-state index is 10.1. The molecule has 226 valence electrons. The van der Waals surface area contributed by atoms with E-state index in [1.54, 1.807) is 7.11 Å². The molecule has 2 fully saturated rings. The monoisotopic (exact) mass is 578 g/mol. The average Bonchev–Trinajstić information content (AvgIpc) is 3.04. The molecular formula is C34H42O8. The second-order valence-corrected chi connectivity index (χ2v) is 10.8. The highest BCUT2D eigenvalue weighted by Crippen LogP contribution is 2.32. The van der Waals surface area contributed by atoms with E-state index in [2.05, 4.69) is 0 Å². The van der Waals surface area contributed by atoms with Crippen molar-refractivity contribution < 1.29 is 38.3 Å². The van der Waals surface area contributed by atoms with Gasteiger partial charge in [-0.05, 0) is 30.0 Å². The molecule has 0 bridgehead atoms. The molecule has 5 rings (SSSR count). The minimum atomic E-state index is -0.715. The smallest absolute Gasteiger partial charge is 0.186 e. The van der Waals surface area contributed by atoms with Crippen molar-refractivity contribution in [3.8, 4) is 0 Å². The van der Waals surface area contributed by atoms with Crippen LogP contribution in [0.25, 0.3) is 0 Å². The number of aliphatic hydroxyl groups excluding tert-OH is 1. The van der Waals surface area contributed by atoms with Gasteiger partial charge in [-0.3, -0.25) is 0 Å². The minimum Gasteiger partial charge on any atom is -0.390 e. The van der Waals surface area contributed by atoms with Crippen LogP contribution in [0.5, 0.6) is 0 Å². The Balaban J connectivity index is 1.38. The third kappa shape index (κ3) is 8.46. The van der Waals surface area contributed by atoms with Gasteiger partial charge in [0.25, 0.3) is 0 Å². The summed E-state index contributed by atoms with van der Waals surface area (Å²) >= 11 is 0. The van der Waals surface area contributed by atoms with Crippen LogP contribution in [0.15, 0.2) is 91.0 Å². The Morgan fingerprint density at radius 2 is 1.14 bits per heavy atom. The van der Waals surface area contributed by atoms with Gasteiger partial charge in [-0.15, -0.1) is 0 Å². The van der Waals surface area contributed by atoms with E-state index < -0.39 is 43.1 Å². The Labute approximate surface area is 248 Å². The first-order valence-corrected chi connectivity index (χ1v) is 14.7. The molecule has 8 heteroatoms. The summed E-state index contributed by atoms with van der Waals surface area (Å²) in [5.74, 6) is 0. The number of benzene rings is 3. The Morgan fingerprint density at radius 3 is 1.64 bits per heavy atom. The van der Waals surface area contributed by atoms with E-state index in [1.807, 2.05) is 97.9 Å². The van der Waals surface area contributed by atoms with Gasteiger partial charge in [0.1, 0.15) is 24.4 Å². The molecule has 8 atom stereocenters. The summed E-state index contributed by atoms with van der Waals surface area (Å²) < 4.78 is 44.1. The molecule has 42 heavy (non-hydrogen) atoms. The summed E-state index contributed by atoms with van der Waals surface area (Å²) in [6.45, 7) is 3.15. The molecule has 2 heterocycles. The molecule has 0 amide bonds. The molecule has 0 spiro atoms. The van der Waals surface area contributed by atoms with Gasteiger partial charge in [-0.2, -0.15) is 0 Å². The van der Waals surface area contributed by atoms with Crippen molar-refractivity contribution >= 4 is 0 Å². The summed E-state index contributed by atoms with van der Waals surface area (Å²) in [4.78, 5) is 0. The Kier molecular flexibility index (Phi) is 11.5. The fourth-order valence-corrected chi connectivity index (χ4v) is 5.33. The first-order chi connectivity index (χ1) is 20.6. The third-order valence-electron chi connectivity index (χ3n) is 7.73. The van der Waals surface area contributed by atoms with E-state index in [0.717, 1.165) is 16.7 Å². The van der Waals surface area contributed by atoms with E-state index in [4.69, 9.17) is 33.2 Å². The summed E-state index contributed by atoms with van der Waals surface area (Å²) in [7, 11) is 1.61. The summed E-state index contributed by atoms with van der Waals surface area (Å²) in [5.41, 5.74) is 3.11. The standard InChI is InChI=1S/C34H42O8/c1-24-28(35)18-19-30(41-24)37-23-29-31(38-20-25-12-6-3-7-13-25)32(39-21-26-14-8-4-9-15-26)33(34(36-2)42-29)40-22-27-16-10-5-11-17-27/h3-17,24,28-35H,18-23H2,1-2H3/t24-,28-,29+,30+,31+,32-,33+,34+/m0/s1. The minimum absolute atomic E-state index is 0.198. The normalized spacial score (nSPS) is 29.8. The molecule has 2 aliphatic heterocycles. The van der Waals surface area contributed by atoms with Crippen molar-refractivity contribution in [2.45, 2.75) is 88.8 Å². The second-order valence-electron chi connectivity index (χ2n) is 10.8. The van der Waals surface area contributed by atoms with Crippen molar-refractivity contribution in [3.05, 3.63) is 108 Å². The van der Waals surface area contributed by atoms with Gasteiger partial charge in [-0.1, -0.05) is 91.0 Å². The van der Waals surface area contributed by atoms with Crippen LogP contribution in [0, 0.1) is 0 Å². The first-order valence-electron chi connectivity index (χ1n) is 14.7. The molecule has 0 unspecified atom stereocenters. The Bertz CT molecular complexity index is 1160. The Morgan fingerprint density at radius 1 is 0.643 bits per heavy atom. The van der Waals surface area contributed by atoms with Gasteiger partial charge in [0.05, 0.1) is 38.6 Å². The van der Waals surface area contributed by atoms with Crippen molar-refractivity contribution in [2.75, 3.05) is 13.7 Å². The second kappa shape index (κ2) is 15.7. The van der Waals surface area contributed by atoms with Crippen molar-refractivity contribution in [1.82, 2.24) is 0 Å². The molecule has 2 saturated heterocycles. The molecule has 3 aromatic rings. The first kappa shape index (κ1) is 30.8. The fraction of sp³-hybridized carbons (Fsp3) is 0.471. The summed E-state index contributed by atoms with van der Waals surface area (Å²) in [6.07, 6.45) is -2.90. The number of rotatable bonds is 13. The number of hydrogen-bond acceptors (Lipinski definition) is 8. The lowest BCUT2D eigenvalue weighted by molar-refractivity contribution is -0.330. The number of methoxy groups -OCH3 is 1. The third-order valence-corrected chi connectivity index (χ3v) is 7.73. The van der Waals surface area contributed by atoms with E-state index in [1.165, 1.54) is 0 Å². The highest BCUT2D eigenvalue weighted by molar-refractivity contribution is 5.15. The van der Waals surface area contributed by atoms with E-state index in [0.29, 0.717) is 32.7 Å². The van der Waals surface area contributed by atoms with Gasteiger partial charge in [0.15, 0.2) is 12.6 Å². The molecule has 0 radical (unpaired) electrons. The van der Waals surface area contributed by atoms with E-state index in [-0.39, 0.29) is 12.7 Å². The van der Waals surface area contributed by atoms with Crippen LogP contribution >= 0.6 is 0 Å². The van der Waals surface area contributed by atoms with E-state index in [9.17, 15) is 5.11 Å². The van der Waals surface area contributed by atoms with Crippen LogP contribution in [0.1, 0.15) is 36.5 Å². The lowest BCUT2D eigenvalue weighted by Crippen LogP contribution is -2.61. The quantitative estimate of drug-likeness (QED) is 0.303. The molecule has 0 saturated carbocycles. The summed E-state index contributed by atoms with van der Waals surface area (Å²) in [6, 6.07) is 30.0. The zero-order chi connectivity index (χ0) is 29.1. The largest absolute Gasteiger partial charge is 0.390 e. The van der Waals surface area contributed by atoms with Gasteiger partial charge in [0.2, 0.25) is 0 Å². The Hall–Kier alpha value is -2.66. The van der Waals surface area contributed by atoms with Crippen LogP contribution in [0.2, 0.25) is 0 Å². The maximum absolute atomic E-state index is 10.1. The van der Waals surface area contributed by atoms with Crippen LogP contribution < -0.4 is 0 Å². The lowest BCUT2D eigenvalue weighted by atomic mass is 9.97. The molecule has 8 nitrogen and oxygen atoms in total. The molecule has 1 N–H and O–H groups in total. The van der Waals surface area contributed by atoms with Gasteiger partial charge in [-0.25, -0.2) is 0 Å². The van der Waals surface area contributed by atoms with Crippen LogP contribution in [0.3, 0.4) is 0 Å². The van der Waals surface area contributed by atoms with Crippen molar-refractivity contribution in [3.63, 3.8) is 0 Å². The molecule has 0 aliphatic carbocycles. The van der Waals surface area contributed by atoms with Gasteiger partial charge >= 0.3 is 0 Å². The number of ether oxygens (including phenoxy) is 7. The predicted octanol–water partition coefficient (Wildman–Crippen LogP) is 5.02. The highest BCUT2D eigenvalue weighted by Gasteiger charge is 2.49. The lowest BCUT2D eigenvalue weighted by Gasteiger charge is -2.46. The predicted molar refractivity (Wildman–Crippen MR) is 156 cm³/mol. The highest BCUT2D eigenvalue weighted by atomic mass is 16.7. The topological polar surface area (TPSA) is 84.8 Å². The van der Waals surface area contributed by atoms with Crippen LogP contribution in [-0.2, 0) is 53.0 Å². The van der Waals surface area contributed by atoms with Crippen LogP contribution in [0.4, 0.5) is 0 Å². The number of hydrogen-bond donors (Lipinski definition) is 1. The zero-order valence-electron chi connectivity index (χ0n) is 24.3. The SMILES string of the molecule is CO[C@@H]1O[C@H](CO[C@H]2CC[C@H](O)[C@H](C)O2)[C@@H](OCc2ccccc2)[C@H](OCc2ccccc2)[C@H]1OCc1ccccc1. The molecule has 3 aromatic carbocycles. The van der Waals surface area contributed by atoms with Gasteiger partial charge < -0.3 is 38.3 Å². The fourth-order valence-electron chi connectivity index (χ4n) is 5.33. The van der Waals surface area contributed by atoms with Crippen molar-refractivity contribution in [1.29, 1.82) is 0 Å².